The largest absolute Gasteiger partial charge is 0.317 e. The molecule has 0 aromatic heterocycles. The van der Waals surface area contributed by atoms with E-state index in [-0.39, 0.29) is 0 Å². The summed E-state index contributed by atoms with van der Waals surface area (Å²) < 4.78 is 0. The highest BCUT2D eigenvalue weighted by Gasteiger charge is 2.22. The normalized spacial score (nSPS) is 27.6. The van der Waals surface area contributed by atoms with Crippen LogP contribution in [0.3, 0.4) is 0 Å². The van der Waals surface area contributed by atoms with Gasteiger partial charge in [-0.3, -0.25) is 9.69 Å². The predicted octanol–water partition coefficient (Wildman–Crippen LogP) is 0.793. The van der Waals surface area contributed by atoms with Crippen LogP contribution in [-0.2, 0) is 4.79 Å². The first-order valence-corrected chi connectivity index (χ1v) is 5.83. The molecule has 0 spiro atoms. The van der Waals surface area contributed by atoms with Gasteiger partial charge in [0.2, 0.25) is 0 Å². The number of rotatable bonds is 1. The van der Waals surface area contributed by atoms with Crippen LogP contribution >= 0.6 is 0 Å². The van der Waals surface area contributed by atoms with Gasteiger partial charge in [-0.1, -0.05) is 0 Å². The molecule has 3 nitrogen and oxygen atoms in total. The Hall–Kier alpha value is -0.410. The van der Waals surface area contributed by atoms with Crippen LogP contribution in [0.2, 0.25) is 0 Å². The molecule has 0 amide bonds. The lowest BCUT2D eigenvalue weighted by molar-refractivity contribution is -0.118. The summed E-state index contributed by atoms with van der Waals surface area (Å²) in [6.45, 7) is 4.43. The molecule has 0 aliphatic carbocycles. The lowest BCUT2D eigenvalue weighted by Crippen LogP contribution is -2.43. The number of carbonyl (C=O) groups excluding carboxylic acids is 1. The van der Waals surface area contributed by atoms with Crippen molar-refractivity contribution in [2.24, 2.45) is 0 Å². The van der Waals surface area contributed by atoms with E-state index < -0.39 is 0 Å². The smallest absolute Gasteiger partial charge is 0.134 e. The minimum Gasteiger partial charge on any atom is -0.317 e. The van der Waals surface area contributed by atoms with Crippen molar-refractivity contribution in [3.05, 3.63) is 0 Å². The van der Waals surface area contributed by atoms with E-state index in [2.05, 4.69) is 10.2 Å². The van der Waals surface area contributed by atoms with E-state index in [9.17, 15) is 4.79 Å². The standard InChI is InChI=1S/C11H20N2O/c14-11-2-1-8-13(9-5-11)10-3-6-12-7-4-10/h10,12H,1-9H2. The third-order valence-corrected chi connectivity index (χ3v) is 3.40. The molecule has 0 aromatic carbocycles. The van der Waals surface area contributed by atoms with E-state index in [4.69, 9.17) is 0 Å². The van der Waals surface area contributed by atoms with Gasteiger partial charge in [-0.25, -0.2) is 0 Å². The Morgan fingerprint density at radius 1 is 1.14 bits per heavy atom. The second-order valence-electron chi connectivity index (χ2n) is 4.41. The summed E-state index contributed by atoms with van der Waals surface area (Å²) in [5.74, 6) is 0.460. The maximum absolute atomic E-state index is 11.3. The van der Waals surface area contributed by atoms with Crippen LogP contribution in [0.1, 0.15) is 32.1 Å². The van der Waals surface area contributed by atoms with Crippen LogP contribution in [0, 0.1) is 0 Å². The van der Waals surface area contributed by atoms with Crippen LogP contribution in [0.5, 0.6) is 0 Å². The molecule has 3 heteroatoms. The van der Waals surface area contributed by atoms with Gasteiger partial charge in [0, 0.05) is 25.4 Å². The van der Waals surface area contributed by atoms with Crippen molar-refractivity contribution < 1.29 is 4.79 Å². The lowest BCUT2D eigenvalue weighted by Gasteiger charge is -2.33. The first-order valence-electron chi connectivity index (χ1n) is 5.83. The van der Waals surface area contributed by atoms with Crippen molar-refractivity contribution in [1.29, 1.82) is 0 Å². The molecule has 2 fully saturated rings. The molecule has 80 valence electrons. The number of carbonyl (C=O) groups is 1. The number of nitrogens with zero attached hydrogens (tertiary/aromatic N) is 1. The van der Waals surface area contributed by atoms with Gasteiger partial charge < -0.3 is 5.32 Å². The van der Waals surface area contributed by atoms with Crippen LogP contribution < -0.4 is 5.32 Å². The molecule has 2 saturated heterocycles. The Bertz CT molecular complexity index is 199. The zero-order chi connectivity index (χ0) is 9.80. The minimum absolute atomic E-state index is 0.460. The van der Waals surface area contributed by atoms with Gasteiger partial charge in [0.15, 0.2) is 0 Å². The van der Waals surface area contributed by atoms with Crippen molar-refractivity contribution in [3.63, 3.8) is 0 Å². The Morgan fingerprint density at radius 3 is 2.71 bits per heavy atom. The van der Waals surface area contributed by atoms with Crippen molar-refractivity contribution in [3.8, 4) is 0 Å². The molecule has 0 unspecified atom stereocenters. The highest BCUT2D eigenvalue weighted by Crippen LogP contribution is 2.16. The van der Waals surface area contributed by atoms with Gasteiger partial charge in [0.1, 0.15) is 5.78 Å². The number of likely N-dealkylation sites (tertiary alicyclic amines) is 1. The van der Waals surface area contributed by atoms with Crippen molar-refractivity contribution in [2.45, 2.75) is 38.1 Å². The summed E-state index contributed by atoms with van der Waals surface area (Å²) in [6.07, 6.45) is 5.18. The Labute approximate surface area is 85.8 Å². The number of nitrogens with one attached hydrogen (secondary N) is 1. The van der Waals surface area contributed by atoms with E-state index >= 15 is 0 Å². The van der Waals surface area contributed by atoms with E-state index in [0.29, 0.717) is 5.78 Å². The predicted molar refractivity (Wildman–Crippen MR) is 56.3 cm³/mol. The molecular weight excluding hydrogens is 176 g/mol. The summed E-state index contributed by atoms with van der Waals surface area (Å²) >= 11 is 0. The van der Waals surface area contributed by atoms with E-state index in [1.54, 1.807) is 0 Å². The molecule has 14 heavy (non-hydrogen) atoms. The summed E-state index contributed by atoms with van der Waals surface area (Å²) in [5, 5.41) is 3.38. The number of hydrogen-bond donors (Lipinski definition) is 1. The Balaban J connectivity index is 1.86. The van der Waals surface area contributed by atoms with Gasteiger partial charge >= 0.3 is 0 Å². The third-order valence-electron chi connectivity index (χ3n) is 3.40. The van der Waals surface area contributed by atoms with Crippen molar-refractivity contribution in [1.82, 2.24) is 10.2 Å². The van der Waals surface area contributed by atoms with E-state index in [0.717, 1.165) is 51.5 Å². The van der Waals surface area contributed by atoms with Gasteiger partial charge in [0.25, 0.3) is 0 Å². The van der Waals surface area contributed by atoms with Crippen molar-refractivity contribution >= 4 is 5.78 Å². The second-order valence-corrected chi connectivity index (χ2v) is 4.41. The maximum Gasteiger partial charge on any atom is 0.134 e. The fourth-order valence-corrected chi connectivity index (χ4v) is 2.52. The van der Waals surface area contributed by atoms with Crippen LogP contribution in [-0.4, -0.2) is 42.9 Å². The molecule has 0 atom stereocenters. The molecular formula is C11H20N2O. The van der Waals surface area contributed by atoms with Gasteiger partial charge in [0.05, 0.1) is 0 Å². The molecule has 0 bridgehead atoms. The fraction of sp³-hybridized carbons (Fsp3) is 0.909. The van der Waals surface area contributed by atoms with Crippen LogP contribution in [0.15, 0.2) is 0 Å². The first kappa shape index (κ1) is 10.1. The summed E-state index contributed by atoms with van der Waals surface area (Å²) in [6, 6.07) is 0.738. The molecule has 0 aromatic rings. The topological polar surface area (TPSA) is 32.3 Å². The van der Waals surface area contributed by atoms with Crippen LogP contribution in [0.4, 0.5) is 0 Å². The molecule has 1 N–H and O–H groups in total. The monoisotopic (exact) mass is 196 g/mol. The fourth-order valence-electron chi connectivity index (χ4n) is 2.52. The number of ketones is 1. The molecule has 2 aliphatic rings. The maximum atomic E-state index is 11.3. The first-order chi connectivity index (χ1) is 6.86. The number of piperidine rings is 1. The minimum atomic E-state index is 0.460. The quantitative estimate of drug-likeness (QED) is 0.673. The molecule has 0 radical (unpaired) electrons. The highest BCUT2D eigenvalue weighted by atomic mass is 16.1. The average molecular weight is 196 g/mol. The number of hydrogen-bond acceptors (Lipinski definition) is 3. The van der Waals surface area contributed by atoms with Gasteiger partial charge in [-0.05, 0) is 38.9 Å². The number of Topliss-reactive ketones (excluding diaryl/α,β-unsaturated/α-hetero) is 1. The molecule has 0 saturated carbocycles. The summed E-state index contributed by atoms with van der Waals surface area (Å²) in [5.41, 5.74) is 0. The summed E-state index contributed by atoms with van der Waals surface area (Å²) in [4.78, 5) is 13.8. The Morgan fingerprint density at radius 2 is 1.93 bits per heavy atom. The van der Waals surface area contributed by atoms with Gasteiger partial charge in [-0.2, -0.15) is 0 Å². The Kier molecular flexibility index (Phi) is 3.54. The zero-order valence-corrected chi connectivity index (χ0v) is 8.80. The molecule has 2 heterocycles. The third kappa shape index (κ3) is 2.55. The van der Waals surface area contributed by atoms with Crippen molar-refractivity contribution in [2.75, 3.05) is 26.2 Å². The molecule has 2 rings (SSSR count). The SMILES string of the molecule is O=C1CCCN(C2CCNCC2)CC1. The zero-order valence-electron chi connectivity index (χ0n) is 8.80. The summed E-state index contributed by atoms with van der Waals surface area (Å²) in [7, 11) is 0. The second kappa shape index (κ2) is 4.89. The molecule has 2 aliphatic heterocycles. The van der Waals surface area contributed by atoms with E-state index in [1.807, 2.05) is 0 Å². The average Bonchev–Trinajstić information content (AvgIpc) is 2.44. The highest BCUT2D eigenvalue weighted by molar-refractivity contribution is 5.78. The lowest BCUT2D eigenvalue weighted by atomic mass is 10.0. The van der Waals surface area contributed by atoms with E-state index in [1.165, 1.54) is 12.8 Å². The van der Waals surface area contributed by atoms with Crippen LogP contribution in [0.25, 0.3) is 0 Å². The van der Waals surface area contributed by atoms with Gasteiger partial charge in [-0.15, -0.1) is 0 Å².